The largest absolute Gasteiger partial charge is 0.481 e. The number of urea groups is 1. The van der Waals surface area contributed by atoms with Crippen molar-refractivity contribution in [3.63, 3.8) is 0 Å². The Balaban J connectivity index is 1.68. The van der Waals surface area contributed by atoms with Crippen LogP contribution in [0.3, 0.4) is 0 Å². The molecule has 2 N–H and O–H groups in total. The predicted octanol–water partition coefficient (Wildman–Crippen LogP) is 1.58. The smallest absolute Gasteiger partial charge is 0.317 e. The Morgan fingerprint density at radius 1 is 1.19 bits per heavy atom. The van der Waals surface area contributed by atoms with Gasteiger partial charge in [-0.1, -0.05) is 30.3 Å². The molecule has 26 heavy (non-hydrogen) atoms. The van der Waals surface area contributed by atoms with E-state index in [1.807, 2.05) is 18.2 Å². The number of hydrogen-bond acceptors (Lipinski definition) is 3. The zero-order chi connectivity index (χ0) is 18.9. The van der Waals surface area contributed by atoms with Crippen molar-refractivity contribution >= 4 is 17.9 Å². The van der Waals surface area contributed by atoms with Crippen molar-refractivity contribution in [3.05, 3.63) is 35.9 Å². The Hall–Kier alpha value is -2.57. The molecule has 1 fully saturated rings. The van der Waals surface area contributed by atoms with Crippen LogP contribution in [-0.4, -0.2) is 66.0 Å². The first-order valence-corrected chi connectivity index (χ1v) is 8.98. The maximum absolute atomic E-state index is 12.3. The fourth-order valence-corrected chi connectivity index (χ4v) is 3.10. The van der Waals surface area contributed by atoms with Crippen LogP contribution in [0.15, 0.2) is 30.3 Å². The number of rotatable bonds is 7. The second kappa shape index (κ2) is 9.79. The van der Waals surface area contributed by atoms with Gasteiger partial charge >= 0.3 is 12.0 Å². The number of nitrogens with zero attached hydrogens (tertiary/aromatic N) is 2. The molecule has 7 nitrogen and oxygen atoms in total. The molecule has 1 heterocycles. The van der Waals surface area contributed by atoms with Crippen LogP contribution in [0.2, 0.25) is 0 Å². The van der Waals surface area contributed by atoms with Gasteiger partial charge in [0.2, 0.25) is 5.91 Å². The quantitative estimate of drug-likeness (QED) is 0.772. The van der Waals surface area contributed by atoms with Crippen LogP contribution in [-0.2, 0) is 16.0 Å². The molecule has 2 rings (SSSR count). The van der Waals surface area contributed by atoms with Crippen LogP contribution in [0, 0.1) is 5.92 Å². The highest BCUT2D eigenvalue weighted by Gasteiger charge is 2.23. The maximum Gasteiger partial charge on any atom is 0.317 e. The highest BCUT2D eigenvalue weighted by Crippen LogP contribution is 2.21. The monoisotopic (exact) mass is 361 g/mol. The SMILES string of the molecule is CN(CCC(=O)O)C(=O)NCC(=O)N1CCC(Cc2ccccc2)CC1. The first kappa shape index (κ1) is 19.8. The number of nitrogens with one attached hydrogen (secondary N) is 1. The summed E-state index contributed by atoms with van der Waals surface area (Å²) in [5, 5.41) is 11.2. The summed E-state index contributed by atoms with van der Waals surface area (Å²) in [7, 11) is 1.51. The van der Waals surface area contributed by atoms with Crippen LogP contribution in [0.1, 0.15) is 24.8 Å². The summed E-state index contributed by atoms with van der Waals surface area (Å²) < 4.78 is 0. The molecule has 0 bridgehead atoms. The fourth-order valence-electron chi connectivity index (χ4n) is 3.10. The molecule has 0 spiro atoms. The van der Waals surface area contributed by atoms with Crippen LogP contribution in [0.25, 0.3) is 0 Å². The van der Waals surface area contributed by atoms with E-state index in [1.54, 1.807) is 4.90 Å². The molecular weight excluding hydrogens is 334 g/mol. The summed E-state index contributed by atoms with van der Waals surface area (Å²) in [5.41, 5.74) is 1.33. The van der Waals surface area contributed by atoms with Gasteiger partial charge in [-0.25, -0.2) is 4.79 Å². The molecule has 0 atom stereocenters. The first-order chi connectivity index (χ1) is 12.5. The third-order valence-corrected chi connectivity index (χ3v) is 4.73. The van der Waals surface area contributed by atoms with Gasteiger partial charge in [-0.05, 0) is 30.7 Å². The highest BCUT2D eigenvalue weighted by molar-refractivity contribution is 5.84. The van der Waals surface area contributed by atoms with Crippen molar-refractivity contribution in [1.29, 1.82) is 0 Å². The molecule has 1 aromatic rings. The van der Waals surface area contributed by atoms with Gasteiger partial charge in [0.25, 0.3) is 0 Å². The molecule has 1 aliphatic rings. The second-order valence-electron chi connectivity index (χ2n) is 6.74. The van der Waals surface area contributed by atoms with Gasteiger partial charge in [-0.15, -0.1) is 0 Å². The van der Waals surface area contributed by atoms with Gasteiger partial charge in [-0.3, -0.25) is 9.59 Å². The number of carbonyl (C=O) groups is 3. The maximum atomic E-state index is 12.3. The number of carboxylic acid groups (broad SMARTS) is 1. The number of hydrogen-bond donors (Lipinski definition) is 2. The lowest BCUT2D eigenvalue weighted by Crippen LogP contribution is -2.47. The van der Waals surface area contributed by atoms with Crippen LogP contribution in [0.5, 0.6) is 0 Å². The number of amides is 3. The minimum Gasteiger partial charge on any atom is -0.481 e. The molecule has 1 saturated heterocycles. The van der Waals surface area contributed by atoms with E-state index >= 15 is 0 Å². The summed E-state index contributed by atoms with van der Waals surface area (Å²) >= 11 is 0. The van der Waals surface area contributed by atoms with Gasteiger partial charge in [0.1, 0.15) is 0 Å². The fraction of sp³-hybridized carbons (Fsp3) is 0.526. The van der Waals surface area contributed by atoms with Crippen molar-refractivity contribution in [2.24, 2.45) is 5.92 Å². The lowest BCUT2D eigenvalue weighted by Gasteiger charge is -2.32. The summed E-state index contributed by atoms with van der Waals surface area (Å²) in [6.07, 6.45) is 2.85. The van der Waals surface area contributed by atoms with Crippen LogP contribution in [0.4, 0.5) is 4.79 Å². The van der Waals surface area contributed by atoms with Crippen molar-refractivity contribution in [1.82, 2.24) is 15.1 Å². The third-order valence-electron chi connectivity index (χ3n) is 4.73. The predicted molar refractivity (Wildman–Crippen MR) is 97.7 cm³/mol. The van der Waals surface area contributed by atoms with Crippen molar-refractivity contribution < 1.29 is 19.5 Å². The molecule has 3 amide bonds. The molecule has 0 aromatic heterocycles. The Kier molecular flexibility index (Phi) is 7.44. The number of carbonyl (C=O) groups excluding carboxylic acids is 2. The Morgan fingerprint density at radius 2 is 1.85 bits per heavy atom. The summed E-state index contributed by atoms with van der Waals surface area (Å²) in [4.78, 5) is 37.7. The summed E-state index contributed by atoms with van der Waals surface area (Å²) in [6, 6.07) is 9.94. The van der Waals surface area contributed by atoms with Crippen molar-refractivity contribution in [3.8, 4) is 0 Å². The molecule has 1 aliphatic heterocycles. The lowest BCUT2D eigenvalue weighted by atomic mass is 9.90. The topological polar surface area (TPSA) is 90.0 Å². The first-order valence-electron chi connectivity index (χ1n) is 8.98. The standard InChI is InChI=1S/C19H27N3O4/c1-21(10-9-18(24)25)19(26)20-14-17(23)22-11-7-16(8-12-22)13-15-5-3-2-4-6-15/h2-6,16H,7-14H2,1H3,(H,20,26)(H,24,25). The van der Waals surface area contributed by atoms with E-state index < -0.39 is 12.0 Å². The van der Waals surface area contributed by atoms with Crippen molar-refractivity contribution in [2.45, 2.75) is 25.7 Å². The Bertz CT molecular complexity index is 612. The molecule has 0 unspecified atom stereocenters. The molecule has 1 aromatic carbocycles. The molecule has 142 valence electrons. The average molecular weight is 361 g/mol. The number of benzene rings is 1. The van der Waals surface area contributed by atoms with Crippen molar-refractivity contribution in [2.75, 3.05) is 33.2 Å². The minimum absolute atomic E-state index is 0.0560. The second-order valence-corrected chi connectivity index (χ2v) is 6.74. The van der Waals surface area contributed by atoms with E-state index in [9.17, 15) is 14.4 Å². The third kappa shape index (κ3) is 6.38. The minimum atomic E-state index is -0.959. The number of aliphatic carboxylic acids is 1. The number of piperidine rings is 1. The number of carboxylic acids is 1. The van der Waals surface area contributed by atoms with E-state index in [2.05, 4.69) is 17.4 Å². The zero-order valence-corrected chi connectivity index (χ0v) is 15.2. The van der Waals surface area contributed by atoms with Gasteiger partial charge in [0.15, 0.2) is 0 Å². The van der Waals surface area contributed by atoms with Gasteiger partial charge in [0.05, 0.1) is 13.0 Å². The van der Waals surface area contributed by atoms with Crippen LogP contribution < -0.4 is 5.32 Å². The molecule has 0 aliphatic carbocycles. The molecule has 0 radical (unpaired) electrons. The van der Waals surface area contributed by atoms with E-state index in [0.29, 0.717) is 19.0 Å². The Morgan fingerprint density at radius 3 is 2.46 bits per heavy atom. The Labute approximate surface area is 154 Å². The molecule has 0 saturated carbocycles. The van der Waals surface area contributed by atoms with Crippen LogP contribution >= 0.6 is 0 Å². The van der Waals surface area contributed by atoms with E-state index in [-0.39, 0.29) is 25.4 Å². The zero-order valence-electron chi connectivity index (χ0n) is 15.2. The number of likely N-dealkylation sites (tertiary alicyclic amines) is 1. The summed E-state index contributed by atoms with van der Waals surface area (Å²) in [6.45, 7) is 1.47. The van der Waals surface area contributed by atoms with E-state index in [4.69, 9.17) is 5.11 Å². The van der Waals surface area contributed by atoms with E-state index in [1.165, 1.54) is 17.5 Å². The summed E-state index contributed by atoms with van der Waals surface area (Å²) in [5.74, 6) is -0.472. The van der Waals surface area contributed by atoms with Gasteiger partial charge < -0.3 is 20.2 Å². The average Bonchev–Trinajstić information content (AvgIpc) is 2.65. The normalized spacial score (nSPS) is 14.7. The van der Waals surface area contributed by atoms with Gasteiger partial charge in [0, 0.05) is 26.7 Å². The van der Waals surface area contributed by atoms with Gasteiger partial charge in [-0.2, -0.15) is 0 Å². The lowest BCUT2D eigenvalue weighted by molar-refractivity contribution is -0.137. The highest BCUT2D eigenvalue weighted by atomic mass is 16.4. The molecule has 7 heteroatoms. The van der Waals surface area contributed by atoms with E-state index in [0.717, 1.165) is 19.3 Å². The molecular formula is C19H27N3O4.